The van der Waals surface area contributed by atoms with Gasteiger partial charge in [-0.1, -0.05) is 0 Å². The van der Waals surface area contributed by atoms with Crippen molar-refractivity contribution in [1.29, 1.82) is 5.26 Å². The summed E-state index contributed by atoms with van der Waals surface area (Å²) in [7, 11) is 1.48. The molecule has 0 saturated carbocycles. The molecule has 3 N–H and O–H groups in total. The van der Waals surface area contributed by atoms with E-state index in [1.165, 1.54) is 7.11 Å². The number of rotatable bonds is 3. The normalized spacial score (nSPS) is 10.3. The summed E-state index contributed by atoms with van der Waals surface area (Å²) < 4.78 is 4.96. The fourth-order valence-electron chi connectivity index (χ4n) is 2.54. The third kappa shape index (κ3) is 3.05. The number of aromatic nitrogens is 3. The largest absolute Gasteiger partial charge is 0.508 e. The number of nitrogen functional groups attached to an aromatic ring is 1. The predicted octanol–water partition coefficient (Wildman–Crippen LogP) is 2.68. The van der Waals surface area contributed by atoms with Crippen molar-refractivity contribution >= 4 is 5.82 Å². The zero-order chi connectivity index (χ0) is 18.0. The standard InChI is InChI=1S/C18H15N5O2/c1-10-5-12(24)3-4-13(10)16-6-14(15(7-19)17(20)23-16)11-8-21-18(25-2)22-9-11/h3-6,8-9,24H,1-2H3,(H2,20,23). The number of hydrogen-bond donors (Lipinski definition) is 2. The van der Waals surface area contributed by atoms with Crippen molar-refractivity contribution in [2.45, 2.75) is 6.92 Å². The van der Waals surface area contributed by atoms with Crippen LogP contribution in [-0.4, -0.2) is 27.2 Å². The Labute approximate surface area is 144 Å². The van der Waals surface area contributed by atoms with E-state index in [1.807, 2.05) is 6.92 Å². The number of pyridine rings is 1. The number of nitrogens with two attached hydrogens (primary N) is 1. The van der Waals surface area contributed by atoms with E-state index in [0.717, 1.165) is 11.1 Å². The number of phenolic OH excluding ortho intramolecular Hbond substituents is 1. The lowest BCUT2D eigenvalue weighted by atomic mass is 9.98. The average molecular weight is 333 g/mol. The topological polar surface area (TPSA) is 118 Å². The Hall–Kier alpha value is -3.66. The fourth-order valence-corrected chi connectivity index (χ4v) is 2.54. The molecular weight excluding hydrogens is 318 g/mol. The summed E-state index contributed by atoms with van der Waals surface area (Å²) in [5.74, 6) is 0.296. The van der Waals surface area contributed by atoms with E-state index in [0.29, 0.717) is 16.8 Å². The molecule has 0 radical (unpaired) electrons. The maximum absolute atomic E-state index is 9.59. The summed E-state index contributed by atoms with van der Waals surface area (Å²) in [5.41, 5.74) is 9.71. The number of anilines is 1. The van der Waals surface area contributed by atoms with E-state index in [9.17, 15) is 10.4 Å². The molecule has 2 aromatic heterocycles. The predicted molar refractivity (Wildman–Crippen MR) is 92.8 cm³/mol. The van der Waals surface area contributed by atoms with Crippen molar-refractivity contribution in [1.82, 2.24) is 15.0 Å². The van der Waals surface area contributed by atoms with E-state index in [2.05, 4.69) is 21.0 Å². The lowest BCUT2D eigenvalue weighted by molar-refractivity contribution is 0.380. The Kier molecular flexibility index (Phi) is 4.18. The molecule has 0 spiro atoms. The van der Waals surface area contributed by atoms with Crippen molar-refractivity contribution in [3.05, 3.63) is 47.8 Å². The first-order valence-electron chi connectivity index (χ1n) is 7.40. The van der Waals surface area contributed by atoms with Gasteiger partial charge in [0.1, 0.15) is 23.2 Å². The summed E-state index contributed by atoms with van der Waals surface area (Å²) in [6.45, 7) is 1.86. The molecule has 0 fully saturated rings. The molecule has 0 amide bonds. The van der Waals surface area contributed by atoms with Crippen LogP contribution in [0.25, 0.3) is 22.4 Å². The number of aromatic hydroxyl groups is 1. The molecule has 0 aliphatic carbocycles. The molecule has 0 atom stereocenters. The van der Waals surface area contributed by atoms with Crippen molar-refractivity contribution in [3.8, 4) is 40.2 Å². The third-order valence-corrected chi connectivity index (χ3v) is 3.77. The highest BCUT2D eigenvalue weighted by atomic mass is 16.5. The molecule has 0 aliphatic heterocycles. The van der Waals surface area contributed by atoms with Gasteiger partial charge in [-0.25, -0.2) is 15.0 Å². The Bertz CT molecular complexity index is 978. The summed E-state index contributed by atoms with van der Waals surface area (Å²) in [6, 6.07) is 9.05. The molecule has 0 unspecified atom stereocenters. The van der Waals surface area contributed by atoms with Crippen molar-refractivity contribution in [3.63, 3.8) is 0 Å². The number of ether oxygens (including phenoxy) is 1. The molecule has 124 valence electrons. The van der Waals surface area contributed by atoms with Crippen LogP contribution in [0.4, 0.5) is 5.82 Å². The second-order valence-electron chi connectivity index (χ2n) is 5.38. The molecule has 3 rings (SSSR count). The van der Waals surface area contributed by atoms with Crippen molar-refractivity contribution < 1.29 is 9.84 Å². The molecule has 2 heterocycles. The van der Waals surface area contributed by atoms with Gasteiger partial charge >= 0.3 is 6.01 Å². The number of nitriles is 1. The van der Waals surface area contributed by atoms with Crippen molar-refractivity contribution in [2.75, 3.05) is 12.8 Å². The van der Waals surface area contributed by atoms with Gasteiger partial charge in [0.05, 0.1) is 12.8 Å². The monoisotopic (exact) mass is 333 g/mol. The first-order valence-corrected chi connectivity index (χ1v) is 7.40. The van der Waals surface area contributed by atoms with E-state index in [1.54, 1.807) is 36.7 Å². The maximum Gasteiger partial charge on any atom is 0.316 e. The molecule has 7 heteroatoms. The molecule has 0 bridgehead atoms. The van der Waals surface area contributed by atoms with Crippen LogP contribution in [-0.2, 0) is 0 Å². The number of hydrogen-bond acceptors (Lipinski definition) is 7. The minimum atomic E-state index is 0.123. The first kappa shape index (κ1) is 16.2. The Balaban J connectivity index is 2.20. The van der Waals surface area contributed by atoms with Gasteiger partial charge in [0.15, 0.2) is 0 Å². The Morgan fingerprint density at radius 3 is 2.48 bits per heavy atom. The van der Waals surface area contributed by atoms with Gasteiger partial charge in [0.25, 0.3) is 0 Å². The van der Waals surface area contributed by atoms with Crippen molar-refractivity contribution in [2.24, 2.45) is 0 Å². The van der Waals surface area contributed by atoms with Gasteiger partial charge in [-0.15, -0.1) is 0 Å². The summed E-state index contributed by atoms with van der Waals surface area (Å²) in [6.07, 6.45) is 3.13. The zero-order valence-corrected chi connectivity index (χ0v) is 13.7. The number of aryl methyl sites for hydroxylation is 1. The molecule has 0 saturated heterocycles. The molecule has 0 aliphatic rings. The average Bonchev–Trinajstić information content (AvgIpc) is 2.61. The second-order valence-corrected chi connectivity index (χ2v) is 5.38. The zero-order valence-electron chi connectivity index (χ0n) is 13.7. The number of nitrogens with zero attached hydrogens (tertiary/aromatic N) is 4. The van der Waals surface area contributed by atoms with Gasteiger partial charge in [-0.3, -0.25) is 0 Å². The summed E-state index contributed by atoms with van der Waals surface area (Å²) in [4.78, 5) is 12.5. The molecular formula is C18H15N5O2. The van der Waals surface area contributed by atoms with E-state index in [-0.39, 0.29) is 23.1 Å². The van der Waals surface area contributed by atoms with Crippen LogP contribution < -0.4 is 10.5 Å². The second kappa shape index (κ2) is 6.45. The minimum absolute atomic E-state index is 0.123. The fraction of sp³-hybridized carbons (Fsp3) is 0.111. The van der Waals surface area contributed by atoms with E-state index in [4.69, 9.17) is 10.5 Å². The van der Waals surface area contributed by atoms with Gasteiger partial charge in [0, 0.05) is 29.1 Å². The first-order chi connectivity index (χ1) is 12.0. The van der Waals surface area contributed by atoms with Crippen LogP contribution in [0.15, 0.2) is 36.7 Å². The van der Waals surface area contributed by atoms with Crippen LogP contribution in [0, 0.1) is 18.3 Å². The van der Waals surface area contributed by atoms with Gasteiger partial charge in [-0.05, 0) is 36.8 Å². The highest BCUT2D eigenvalue weighted by Gasteiger charge is 2.15. The quantitative estimate of drug-likeness (QED) is 0.756. The summed E-state index contributed by atoms with van der Waals surface area (Å²) >= 11 is 0. The molecule has 7 nitrogen and oxygen atoms in total. The lowest BCUT2D eigenvalue weighted by Gasteiger charge is -2.11. The molecule has 1 aromatic carbocycles. The number of phenols is 1. The molecule has 3 aromatic rings. The highest BCUT2D eigenvalue weighted by molar-refractivity contribution is 5.80. The van der Waals surface area contributed by atoms with E-state index < -0.39 is 0 Å². The van der Waals surface area contributed by atoms with Gasteiger partial charge in [0.2, 0.25) is 0 Å². The lowest BCUT2D eigenvalue weighted by Crippen LogP contribution is -2.01. The van der Waals surface area contributed by atoms with Crippen LogP contribution in [0.1, 0.15) is 11.1 Å². The maximum atomic E-state index is 9.59. The Morgan fingerprint density at radius 1 is 1.16 bits per heavy atom. The number of benzene rings is 1. The minimum Gasteiger partial charge on any atom is -0.508 e. The highest BCUT2D eigenvalue weighted by Crippen LogP contribution is 2.32. The number of methoxy groups -OCH3 is 1. The van der Waals surface area contributed by atoms with E-state index >= 15 is 0 Å². The smallest absolute Gasteiger partial charge is 0.316 e. The van der Waals surface area contributed by atoms with Crippen LogP contribution in [0.5, 0.6) is 11.8 Å². The van der Waals surface area contributed by atoms with Gasteiger partial charge < -0.3 is 15.6 Å². The van der Waals surface area contributed by atoms with Crippen LogP contribution >= 0.6 is 0 Å². The SMILES string of the molecule is COc1ncc(-c2cc(-c3ccc(O)cc3C)nc(N)c2C#N)cn1. The Morgan fingerprint density at radius 2 is 1.88 bits per heavy atom. The third-order valence-electron chi connectivity index (χ3n) is 3.77. The summed E-state index contributed by atoms with van der Waals surface area (Å²) in [5, 5.41) is 19.0. The van der Waals surface area contributed by atoms with Crippen LogP contribution in [0.2, 0.25) is 0 Å². The van der Waals surface area contributed by atoms with Gasteiger partial charge in [-0.2, -0.15) is 5.26 Å². The van der Waals surface area contributed by atoms with Crippen LogP contribution in [0.3, 0.4) is 0 Å². The molecule has 25 heavy (non-hydrogen) atoms.